The smallest absolute Gasteiger partial charge is 0.527 e. The van der Waals surface area contributed by atoms with Crippen LogP contribution in [0.1, 0.15) is 0 Å². The lowest BCUT2D eigenvalue weighted by molar-refractivity contribution is 0.593. The maximum absolute atomic E-state index is 6.59. The van der Waals surface area contributed by atoms with Crippen molar-refractivity contribution in [3.05, 3.63) is 115 Å². The van der Waals surface area contributed by atoms with Crippen LogP contribution >= 0.6 is 0 Å². The molecule has 0 radical (unpaired) electrons. The normalized spacial score (nSPS) is 13.5. The highest BCUT2D eigenvalue weighted by molar-refractivity contribution is 6.77. The van der Waals surface area contributed by atoms with Gasteiger partial charge in [-0.3, -0.25) is 0 Å². The van der Waals surface area contributed by atoms with Gasteiger partial charge in [0.1, 0.15) is 11.3 Å². The second kappa shape index (κ2) is 6.86. The first-order chi connectivity index (χ1) is 18.4. The third-order valence-electron chi connectivity index (χ3n) is 7.81. The van der Waals surface area contributed by atoms with Crippen LogP contribution < -0.4 is 14.9 Å². The van der Waals surface area contributed by atoms with Crippen molar-refractivity contribution < 1.29 is 9.07 Å². The van der Waals surface area contributed by atoms with Crippen molar-refractivity contribution in [1.29, 1.82) is 0 Å². The third-order valence-corrected chi connectivity index (χ3v) is 7.81. The zero-order valence-electron chi connectivity index (χ0n) is 19.8. The monoisotopic (exact) mass is 474 g/mol. The van der Waals surface area contributed by atoms with E-state index in [1.54, 1.807) is 0 Å². The zero-order chi connectivity index (χ0) is 24.1. The SMILES string of the molecule is c1ccc2c(c1)B1Oc3ccc(-n4c5ccccc5c5ccccc54)cc3N1c1oc3ccccc3c1-2. The van der Waals surface area contributed by atoms with Crippen molar-refractivity contribution in [3.63, 3.8) is 0 Å². The molecule has 0 N–H and O–H groups in total. The summed E-state index contributed by atoms with van der Waals surface area (Å²) in [6.45, 7) is 0. The maximum atomic E-state index is 6.59. The topological polar surface area (TPSA) is 30.5 Å². The van der Waals surface area contributed by atoms with Crippen LogP contribution in [0.15, 0.2) is 120 Å². The molecule has 2 aliphatic rings. The Morgan fingerprint density at radius 3 is 2.11 bits per heavy atom. The fourth-order valence-corrected chi connectivity index (χ4v) is 6.25. The Hall–Kier alpha value is -4.90. The summed E-state index contributed by atoms with van der Waals surface area (Å²) in [5.74, 6) is 1.70. The molecule has 0 spiro atoms. The lowest BCUT2D eigenvalue weighted by Gasteiger charge is -2.27. The molecule has 172 valence electrons. The highest BCUT2D eigenvalue weighted by Gasteiger charge is 2.47. The third kappa shape index (κ3) is 2.43. The molecule has 37 heavy (non-hydrogen) atoms. The van der Waals surface area contributed by atoms with Gasteiger partial charge in [0.2, 0.25) is 0 Å². The van der Waals surface area contributed by atoms with E-state index in [0.717, 1.165) is 45.0 Å². The molecule has 2 aliphatic heterocycles. The number of rotatable bonds is 1. The molecule has 0 saturated carbocycles. The minimum atomic E-state index is -0.271. The molecule has 5 aromatic carbocycles. The molecule has 2 aromatic heterocycles. The number of furan rings is 1. The van der Waals surface area contributed by atoms with Crippen molar-refractivity contribution >= 4 is 56.9 Å². The van der Waals surface area contributed by atoms with Crippen LogP contribution in [0.2, 0.25) is 0 Å². The van der Waals surface area contributed by atoms with Gasteiger partial charge in [-0.15, -0.1) is 0 Å². The fraction of sp³-hybridized carbons (Fsp3) is 0. The summed E-state index contributed by atoms with van der Waals surface area (Å²) in [6, 6.07) is 40.5. The first kappa shape index (κ1) is 19.3. The average molecular weight is 474 g/mol. The summed E-state index contributed by atoms with van der Waals surface area (Å²) in [4.78, 5) is 2.23. The number of hydrogen-bond donors (Lipinski definition) is 0. The molecular weight excluding hydrogens is 455 g/mol. The largest absolute Gasteiger partial charge is 0.536 e. The van der Waals surface area contributed by atoms with Gasteiger partial charge < -0.3 is 18.4 Å². The van der Waals surface area contributed by atoms with Crippen LogP contribution in [0.4, 0.5) is 11.6 Å². The predicted molar refractivity (Wildman–Crippen MR) is 151 cm³/mol. The van der Waals surface area contributed by atoms with E-state index in [1.807, 2.05) is 12.1 Å². The molecule has 0 aliphatic carbocycles. The molecule has 0 unspecified atom stereocenters. The number of aromatic nitrogens is 1. The van der Waals surface area contributed by atoms with E-state index in [2.05, 4.69) is 113 Å². The molecule has 0 fully saturated rings. The molecule has 0 saturated heterocycles. The fourth-order valence-electron chi connectivity index (χ4n) is 6.25. The van der Waals surface area contributed by atoms with Gasteiger partial charge in [0.15, 0.2) is 5.88 Å². The summed E-state index contributed by atoms with van der Waals surface area (Å²) in [6.07, 6.45) is 0. The van der Waals surface area contributed by atoms with Gasteiger partial charge in [-0.05, 0) is 47.4 Å². The van der Waals surface area contributed by atoms with E-state index in [-0.39, 0.29) is 7.05 Å². The Morgan fingerprint density at radius 2 is 1.30 bits per heavy atom. The van der Waals surface area contributed by atoms with Crippen LogP contribution in [-0.4, -0.2) is 11.6 Å². The molecule has 0 bridgehead atoms. The van der Waals surface area contributed by atoms with E-state index in [0.29, 0.717) is 0 Å². The first-order valence-electron chi connectivity index (χ1n) is 12.6. The van der Waals surface area contributed by atoms with Gasteiger partial charge in [0.25, 0.3) is 0 Å². The second-order valence-corrected chi connectivity index (χ2v) is 9.73. The van der Waals surface area contributed by atoms with Crippen LogP contribution in [0, 0.1) is 0 Å². The Bertz CT molecular complexity index is 2000. The number of fused-ring (bicyclic) bond motifs is 13. The standard InChI is InChI=1S/C32H19BN2O2/c1-5-13-25-23(11-1)31-24-12-4-8-16-29(24)36-32(31)35-28-19-20(17-18-30(28)37-33(25)35)34-26-14-6-2-9-21(26)22-10-3-7-15-27(22)34/h1-19H. The van der Waals surface area contributed by atoms with Crippen molar-refractivity contribution in [2.45, 2.75) is 0 Å². The summed E-state index contributed by atoms with van der Waals surface area (Å²) in [5.41, 5.74) is 8.81. The summed E-state index contributed by atoms with van der Waals surface area (Å²) < 4.78 is 15.5. The average Bonchev–Trinajstić information content (AvgIpc) is 3.62. The maximum Gasteiger partial charge on any atom is 0.527 e. The number of para-hydroxylation sites is 3. The van der Waals surface area contributed by atoms with Gasteiger partial charge in [0.05, 0.1) is 22.3 Å². The van der Waals surface area contributed by atoms with Gasteiger partial charge in [-0.2, -0.15) is 0 Å². The van der Waals surface area contributed by atoms with Crippen molar-refractivity contribution in [3.8, 4) is 22.6 Å². The molecule has 5 heteroatoms. The first-order valence-corrected chi connectivity index (χ1v) is 12.6. The van der Waals surface area contributed by atoms with Crippen molar-refractivity contribution in [2.24, 2.45) is 0 Å². The van der Waals surface area contributed by atoms with Crippen LogP contribution in [0.5, 0.6) is 5.75 Å². The molecule has 7 aromatic rings. The Kier molecular flexibility index (Phi) is 3.58. The summed E-state index contributed by atoms with van der Waals surface area (Å²) in [5, 5.41) is 3.62. The summed E-state index contributed by atoms with van der Waals surface area (Å²) >= 11 is 0. The number of anilines is 2. The Morgan fingerprint density at radius 1 is 0.622 bits per heavy atom. The van der Waals surface area contributed by atoms with Gasteiger partial charge in [-0.1, -0.05) is 78.9 Å². The van der Waals surface area contributed by atoms with Gasteiger partial charge in [0, 0.05) is 21.8 Å². The van der Waals surface area contributed by atoms with Crippen LogP contribution in [0.25, 0.3) is 49.6 Å². The lowest BCUT2D eigenvalue weighted by atomic mass is 9.65. The van der Waals surface area contributed by atoms with Gasteiger partial charge in [-0.25, -0.2) is 0 Å². The van der Waals surface area contributed by atoms with Crippen LogP contribution in [-0.2, 0) is 0 Å². The Balaban J connectivity index is 1.32. The van der Waals surface area contributed by atoms with E-state index in [1.165, 1.54) is 27.4 Å². The zero-order valence-corrected chi connectivity index (χ0v) is 19.8. The molecule has 4 nitrogen and oxygen atoms in total. The quantitative estimate of drug-likeness (QED) is 0.232. The minimum Gasteiger partial charge on any atom is -0.536 e. The minimum absolute atomic E-state index is 0.271. The predicted octanol–water partition coefficient (Wildman–Crippen LogP) is 7.44. The number of benzene rings is 5. The molecule has 0 atom stereocenters. The second-order valence-electron chi connectivity index (χ2n) is 9.73. The molecular formula is C32H19BN2O2. The summed E-state index contributed by atoms with van der Waals surface area (Å²) in [7, 11) is -0.271. The highest BCUT2D eigenvalue weighted by Crippen LogP contribution is 2.51. The van der Waals surface area contributed by atoms with Crippen molar-refractivity contribution in [1.82, 2.24) is 4.57 Å². The van der Waals surface area contributed by atoms with Crippen molar-refractivity contribution in [2.75, 3.05) is 4.81 Å². The van der Waals surface area contributed by atoms with Crippen LogP contribution in [0.3, 0.4) is 0 Å². The molecule has 9 rings (SSSR count). The Labute approximate surface area is 213 Å². The number of nitrogens with zero attached hydrogens (tertiary/aromatic N) is 2. The lowest BCUT2D eigenvalue weighted by Crippen LogP contribution is -2.50. The van der Waals surface area contributed by atoms with E-state index in [9.17, 15) is 0 Å². The van der Waals surface area contributed by atoms with E-state index < -0.39 is 0 Å². The molecule has 0 amide bonds. The van der Waals surface area contributed by atoms with E-state index in [4.69, 9.17) is 9.07 Å². The highest BCUT2D eigenvalue weighted by atomic mass is 16.5. The van der Waals surface area contributed by atoms with Gasteiger partial charge >= 0.3 is 7.05 Å². The molecule has 4 heterocycles. The number of hydrogen-bond acceptors (Lipinski definition) is 3. The van der Waals surface area contributed by atoms with E-state index >= 15 is 0 Å².